The molecule has 1 aliphatic rings. The number of aromatic nitrogens is 3. The number of nitrogens with two attached hydrogens (primary N) is 1. The van der Waals surface area contributed by atoms with Crippen molar-refractivity contribution in [2.75, 3.05) is 6.79 Å². The topological polar surface area (TPSA) is 92.3 Å². The molecule has 138 valence electrons. The first-order chi connectivity index (χ1) is 13.1. The predicted octanol–water partition coefficient (Wildman–Crippen LogP) is 2.69. The van der Waals surface area contributed by atoms with Gasteiger partial charge in [0.1, 0.15) is 0 Å². The van der Waals surface area contributed by atoms with Gasteiger partial charge in [0, 0.05) is 5.56 Å². The Morgan fingerprint density at radius 2 is 1.96 bits per heavy atom. The highest BCUT2D eigenvalue weighted by Crippen LogP contribution is 2.34. The highest BCUT2D eigenvalue weighted by Gasteiger charge is 2.20. The van der Waals surface area contributed by atoms with Crippen LogP contribution in [0.15, 0.2) is 53.7 Å². The molecule has 2 N–H and O–H groups in total. The van der Waals surface area contributed by atoms with Gasteiger partial charge in [-0.2, -0.15) is 0 Å². The van der Waals surface area contributed by atoms with E-state index < -0.39 is 5.25 Å². The molecule has 2 aromatic carbocycles. The zero-order valence-electron chi connectivity index (χ0n) is 14.7. The number of hydrogen-bond donors (Lipinski definition) is 1. The van der Waals surface area contributed by atoms with Gasteiger partial charge in [-0.05, 0) is 24.6 Å². The lowest BCUT2D eigenvalue weighted by molar-refractivity contribution is -0.117. The molecule has 4 rings (SSSR count). The molecule has 1 amide bonds. The van der Waals surface area contributed by atoms with Gasteiger partial charge in [-0.3, -0.25) is 9.36 Å². The van der Waals surface area contributed by atoms with Crippen LogP contribution in [0.1, 0.15) is 12.5 Å². The second-order valence-corrected chi connectivity index (χ2v) is 7.42. The molecule has 8 heteroatoms. The van der Waals surface area contributed by atoms with Crippen LogP contribution < -0.4 is 15.2 Å². The van der Waals surface area contributed by atoms with Gasteiger partial charge in [0.2, 0.25) is 12.7 Å². The summed E-state index contributed by atoms with van der Waals surface area (Å²) in [5.74, 6) is 1.80. The lowest BCUT2D eigenvalue weighted by Gasteiger charge is -2.12. The van der Waals surface area contributed by atoms with Crippen molar-refractivity contribution in [1.82, 2.24) is 14.8 Å². The predicted molar refractivity (Wildman–Crippen MR) is 102 cm³/mol. The van der Waals surface area contributed by atoms with Crippen molar-refractivity contribution >= 4 is 17.7 Å². The first-order valence-electron chi connectivity index (χ1n) is 8.45. The molecule has 0 spiro atoms. The molecule has 0 saturated heterocycles. The number of benzene rings is 2. The quantitative estimate of drug-likeness (QED) is 0.659. The molecular weight excluding hydrogens is 364 g/mol. The summed E-state index contributed by atoms with van der Waals surface area (Å²) in [4.78, 5) is 11.5. The number of carbonyl (C=O) groups is 1. The fourth-order valence-corrected chi connectivity index (χ4v) is 3.56. The van der Waals surface area contributed by atoms with E-state index >= 15 is 0 Å². The third-order valence-electron chi connectivity index (χ3n) is 4.21. The minimum Gasteiger partial charge on any atom is -0.454 e. The first-order valence-corrected chi connectivity index (χ1v) is 9.33. The van der Waals surface area contributed by atoms with Crippen LogP contribution in [0.2, 0.25) is 0 Å². The summed E-state index contributed by atoms with van der Waals surface area (Å²) in [5.41, 5.74) is 7.39. The molecule has 7 nitrogen and oxygen atoms in total. The Balaban J connectivity index is 1.71. The van der Waals surface area contributed by atoms with E-state index in [4.69, 9.17) is 15.2 Å². The van der Waals surface area contributed by atoms with Crippen LogP contribution in [-0.4, -0.2) is 32.7 Å². The summed E-state index contributed by atoms with van der Waals surface area (Å²) < 4.78 is 12.8. The molecule has 1 unspecified atom stereocenters. The van der Waals surface area contributed by atoms with E-state index in [1.165, 1.54) is 11.8 Å². The fraction of sp³-hybridized carbons (Fsp3) is 0.211. The van der Waals surface area contributed by atoms with Crippen molar-refractivity contribution < 1.29 is 14.3 Å². The molecule has 2 heterocycles. The van der Waals surface area contributed by atoms with Crippen molar-refractivity contribution in [3.63, 3.8) is 0 Å². The summed E-state index contributed by atoms with van der Waals surface area (Å²) in [6.07, 6.45) is 0. The van der Waals surface area contributed by atoms with Crippen molar-refractivity contribution in [3.05, 3.63) is 54.1 Å². The molecule has 0 bridgehead atoms. The molecule has 0 saturated carbocycles. The maximum atomic E-state index is 11.5. The summed E-state index contributed by atoms with van der Waals surface area (Å²) in [5, 5.41) is 8.88. The van der Waals surface area contributed by atoms with Gasteiger partial charge >= 0.3 is 0 Å². The van der Waals surface area contributed by atoms with Crippen LogP contribution in [0, 0.1) is 0 Å². The SMILES string of the molecule is CC(Sc1nnc(-c2ccccc2)n1Cc1ccc2c(c1)OCO2)C(N)=O. The zero-order valence-corrected chi connectivity index (χ0v) is 15.5. The van der Waals surface area contributed by atoms with Gasteiger partial charge in [0.05, 0.1) is 11.8 Å². The Morgan fingerprint density at radius 3 is 2.74 bits per heavy atom. The van der Waals surface area contributed by atoms with Gasteiger partial charge in [-0.1, -0.05) is 48.2 Å². The number of thioether (sulfide) groups is 1. The summed E-state index contributed by atoms with van der Waals surface area (Å²) >= 11 is 1.30. The summed E-state index contributed by atoms with van der Waals surface area (Å²) in [6, 6.07) is 15.6. The third kappa shape index (κ3) is 3.61. The van der Waals surface area contributed by atoms with Crippen LogP contribution in [-0.2, 0) is 11.3 Å². The van der Waals surface area contributed by atoms with E-state index in [0.29, 0.717) is 11.7 Å². The number of nitrogens with zero attached hydrogens (tertiary/aromatic N) is 3. The van der Waals surface area contributed by atoms with Gasteiger partial charge in [-0.15, -0.1) is 10.2 Å². The maximum Gasteiger partial charge on any atom is 0.231 e. The van der Waals surface area contributed by atoms with Crippen molar-refractivity contribution in [2.45, 2.75) is 23.9 Å². The van der Waals surface area contributed by atoms with E-state index in [1.807, 2.05) is 53.1 Å². The standard InChI is InChI=1S/C19H18N4O3S/c1-12(17(20)24)27-19-22-21-18(14-5-3-2-4-6-14)23(19)10-13-7-8-15-16(9-13)26-11-25-15/h2-9,12H,10-11H2,1H3,(H2,20,24). The molecule has 1 aromatic heterocycles. The molecule has 0 radical (unpaired) electrons. The van der Waals surface area contributed by atoms with Gasteiger partial charge in [0.25, 0.3) is 0 Å². The minimum absolute atomic E-state index is 0.234. The average molecular weight is 382 g/mol. The number of ether oxygens (including phenoxy) is 2. The molecular formula is C19H18N4O3S. The van der Waals surface area contributed by atoms with Crippen molar-refractivity contribution in [2.24, 2.45) is 5.73 Å². The number of rotatable bonds is 6. The normalized spacial score (nSPS) is 13.5. The lowest BCUT2D eigenvalue weighted by Crippen LogP contribution is -2.23. The van der Waals surface area contributed by atoms with E-state index in [-0.39, 0.29) is 12.7 Å². The van der Waals surface area contributed by atoms with Crippen LogP contribution in [0.4, 0.5) is 0 Å². The molecule has 0 fully saturated rings. The Labute approximate surface area is 160 Å². The second-order valence-electron chi connectivity index (χ2n) is 6.11. The summed E-state index contributed by atoms with van der Waals surface area (Å²) in [7, 11) is 0. The number of carbonyl (C=O) groups excluding carboxylic acids is 1. The van der Waals surface area contributed by atoms with Crippen molar-refractivity contribution in [1.29, 1.82) is 0 Å². The summed E-state index contributed by atoms with van der Waals surface area (Å²) in [6.45, 7) is 2.52. The third-order valence-corrected chi connectivity index (χ3v) is 5.31. The smallest absolute Gasteiger partial charge is 0.231 e. The fourth-order valence-electron chi connectivity index (χ4n) is 2.76. The molecule has 1 atom stereocenters. The van der Waals surface area contributed by atoms with Crippen LogP contribution in [0.25, 0.3) is 11.4 Å². The number of hydrogen-bond acceptors (Lipinski definition) is 6. The van der Waals surface area contributed by atoms with Crippen LogP contribution >= 0.6 is 11.8 Å². The highest BCUT2D eigenvalue weighted by molar-refractivity contribution is 8.00. The Hall–Kier alpha value is -3.00. The molecule has 1 aliphatic heterocycles. The van der Waals surface area contributed by atoms with Crippen LogP contribution in [0.3, 0.4) is 0 Å². The van der Waals surface area contributed by atoms with E-state index in [1.54, 1.807) is 6.92 Å². The second kappa shape index (κ2) is 7.32. The minimum atomic E-state index is -0.409. The van der Waals surface area contributed by atoms with Crippen LogP contribution in [0.5, 0.6) is 11.5 Å². The van der Waals surface area contributed by atoms with Gasteiger partial charge in [0.15, 0.2) is 22.5 Å². The van der Waals surface area contributed by atoms with E-state index in [0.717, 1.165) is 28.5 Å². The highest BCUT2D eigenvalue weighted by atomic mass is 32.2. The Bertz CT molecular complexity index is 974. The van der Waals surface area contributed by atoms with Crippen molar-refractivity contribution in [3.8, 4) is 22.9 Å². The largest absolute Gasteiger partial charge is 0.454 e. The monoisotopic (exact) mass is 382 g/mol. The average Bonchev–Trinajstić information content (AvgIpc) is 3.29. The Kier molecular flexibility index (Phi) is 4.72. The zero-order chi connectivity index (χ0) is 18.8. The van der Waals surface area contributed by atoms with E-state index in [2.05, 4.69) is 10.2 Å². The van der Waals surface area contributed by atoms with Gasteiger partial charge < -0.3 is 15.2 Å². The maximum absolute atomic E-state index is 11.5. The lowest BCUT2D eigenvalue weighted by atomic mass is 10.2. The number of primary amides is 1. The number of fused-ring (bicyclic) bond motifs is 1. The Morgan fingerprint density at radius 1 is 1.19 bits per heavy atom. The van der Waals surface area contributed by atoms with E-state index in [9.17, 15) is 4.79 Å². The van der Waals surface area contributed by atoms with Gasteiger partial charge in [-0.25, -0.2) is 0 Å². The molecule has 3 aromatic rings. The number of amides is 1. The first kappa shape index (κ1) is 17.4. The molecule has 27 heavy (non-hydrogen) atoms. The molecule has 0 aliphatic carbocycles.